The van der Waals surface area contributed by atoms with Crippen LogP contribution in [0.5, 0.6) is 0 Å². The van der Waals surface area contributed by atoms with E-state index in [1.807, 2.05) is 48.1 Å². The van der Waals surface area contributed by atoms with E-state index in [9.17, 15) is 4.79 Å². The molecule has 1 aromatic carbocycles. The number of carbonyl (C=O) groups excluding carboxylic acids is 1. The Kier molecular flexibility index (Phi) is 4.90. The van der Waals surface area contributed by atoms with Crippen molar-refractivity contribution in [1.29, 1.82) is 0 Å². The first-order valence-electron chi connectivity index (χ1n) is 6.50. The molecule has 2 rings (SSSR count). The van der Waals surface area contributed by atoms with E-state index in [4.69, 9.17) is 4.74 Å². The molecular formula is C15H19N3O2. The molecule has 1 N–H and O–H groups in total. The van der Waals surface area contributed by atoms with Gasteiger partial charge in [0.2, 0.25) is 5.91 Å². The average Bonchev–Trinajstić information content (AvgIpc) is 2.85. The van der Waals surface area contributed by atoms with Gasteiger partial charge in [0, 0.05) is 33.0 Å². The molecule has 2 aromatic rings. The third kappa shape index (κ3) is 3.68. The fourth-order valence-corrected chi connectivity index (χ4v) is 2.08. The van der Waals surface area contributed by atoms with Crippen molar-refractivity contribution in [3.63, 3.8) is 0 Å². The first kappa shape index (κ1) is 14.3. The van der Waals surface area contributed by atoms with Gasteiger partial charge in [-0.2, -0.15) is 0 Å². The minimum absolute atomic E-state index is 0.0594. The number of hydrogen-bond acceptors (Lipinski definition) is 3. The molecule has 5 nitrogen and oxygen atoms in total. The van der Waals surface area contributed by atoms with Crippen LogP contribution >= 0.6 is 0 Å². The third-order valence-corrected chi connectivity index (χ3v) is 3.12. The molecule has 0 aliphatic carbocycles. The molecule has 1 heterocycles. The number of aryl methyl sites for hydroxylation is 1. The number of methoxy groups -OCH3 is 1. The first-order valence-corrected chi connectivity index (χ1v) is 6.50. The van der Waals surface area contributed by atoms with Gasteiger partial charge >= 0.3 is 0 Å². The average molecular weight is 273 g/mol. The molecule has 20 heavy (non-hydrogen) atoms. The van der Waals surface area contributed by atoms with E-state index < -0.39 is 0 Å². The van der Waals surface area contributed by atoms with Crippen molar-refractivity contribution in [2.24, 2.45) is 7.05 Å². The minimum Gasteiger partial charge on any atom is -0.375 e. The Morgan fingerprint density at radius 3 is 2.75 bits per heavy atom. The van der Waals surface area contributed by atoms with E-state index in [0.29, 0.717) is 6.42 Å². The predicted octanol–water partition coefficient (Wildman–Crippen LogP) is 1.47. The van der Waals surface area contributed by atoms with Gasteiger partial charge in [0.1, 0.15) is 12.4 Å². The van der Waals surface area contributed by atoms with Crippen LogP contribution in [0.1, 0.15) is 17.4 Å². The molecule has 0 radical (unpaired) electrons. The van der Waals surface area contributed by atoms with Crippen LogP contribution in [-0.2, 0) is 23.0 Å². The molecule has 1 amide bonds. The first-order chi connectivity index (χ1) is 9.70. The molecular weight excluding hydrogens is 254 g/mol. The highest BCUT2D eigenvalue weighted by Crippen LogP contribution is 2.17. The smallest absolute Gasteiger partial charge is 0.246 e. The van der Waals surface area contributed by atoms with Gasteiger partial charge in [0.15, 0.2) is 0 Å². The highest BCUT2D eigenvalue weighted by molar-refractivity contribution is 5.77. The Hall–Kier alpha value is -2.14. The molecule has 0 bridgehead atoms. The Bertz CT molecular complexity index is 551. The van der Waals surface area contributed by atoms with E-state index in [-0.39, 0.29) is 18.6 Å². The molecule has 0 fully saturated rings. The molecule has 106 valence electrons. The summed E-state index contributed by atoms with van der Waals surface area (Å²) in [6.07, 6.45) is 4.30. The van der Waals surface area contributed by atoms with Crippen molar-refractivity contribution in [2.45, 2.75) is 12.5 Å². The van der Waals surface area contributed by atoms with E-state index in [1.54, 1.807) is 6.20 Å². The fourth-order valence-electron chi connectivity index (χ4n) is 2.08. The monoisotopic (exact) mass is 273 g/mol. The van der Waals surface area contributed by atoms with Crippen molar-refractivity contribution in [3.8, 4) is 0 Å². The molecule has 0 saturated carbocycles. The van der Waals surface area contributed by atoms with E-state index in [0.717, 1.165) is 11.4 Å². The van der Waals surface area contributed by atoms with Crippen LogP contribution in [0, 0.1) is 0 Å². The number of ether oxygens (including phenoxy) is 1. The summed E-state index contributed by atoms with van der Waals surface area (Å²) in [6.45, 7) is 0.0594. The highest BCUT2D eigenvalue weighted by Gasteiger charge is 2.16. The van der Waals surface area contributed by atoms with Crippen LogP contribution in [0.2, 0.25) is 0 Å². The largest absolute Gasteiger partial charge is 0.375 e. The van der Waals surface area contributed by atoms with Crippen LogP contribution in [0.4, 0.5) is 0 Å². The number of imidazole rings is 1. The molecule has 1 aromatic heterocycles. The molecule has 1 unspecified atom stereocenters. The van der Waals surface area contributed by atoms with Gasteiger partial charge in [-0.25, -0.2) is 4.98 Å². The number of aromatic nitrogens is 2. The number of nitrogens with zero attached hydrogens (tertiary/aromatic N) is 2. The zero-order chi connectivity index (χ0) is 14.4. The van der Waals surface area contributed by atoms with Gasteiger partial charge < -0.3 is 14.6 Å². The maximum Gasteiger partial charge on any atom is 0.246 e. The summed E-state index contributed by atoms with van der Waals surface area (Å²) >= 11 is 0. The summed E-state index contributed by atoms with van der Waals surface area (Å²) in [4.78, 5) is 16.1. The summed E-state index contributed by atoms with van der Waals surface area (Å²) in [5.41, 5.74) is 1.06. The van der Waals surface area contributed by atoms with E-state index in [1.165, 1.54) is 7.11 Å². The maximum atomic E-state index is 11.8. The molecule has 5 heteroatoms. The lowest BCUT2D eigenvalue weighted by Gasteiger charge is -2.19. The van der Waals surface area contributed by atoms with Crippen LogP contribution in [0.15, 0.2) is 42.7 Å². The zero-order valence-electron chi connectivity index (χ0n) is 11.7. The van der Waals surface area contributed by atoms with Gasteiger partial charge in [-0.15, -0.1) is 0 Å². The standard InChI is InChI=1S/C15H19N3O2/c1-18-9-8-16-14(18)10-13(17-15(19)11-20-2)12-6-4-3-5-7-12/h3-9,13H,10-11H2,1-2H3,(H,17,19). The third-order valence-electron chi connectivity index (χ3n) is 3.12. The second-order valence-electron chi connectivity index (χ2n) is 4.62. The number of carbonyl (C=O) groups is 1. The van der Waals surface area contributed by atoms with Gasteiger partial charge in [0.05, 0.1) is 6.04 Å². The fraction of sp³-hybridized carbons (Fsp3) is 0.333. The van der Waals surface area contributed by atoms with Crippen LogP contribution in [0.3, 0.4) is 0 Å². The SMILES string of the molecule is COCC(=O)NC(Cc1nccn1C)c1ccccc1. The van der Waals surface area contributed by atoms with Crippen molar-refractivity contribution in [1.82, 2.24) is 14.9 Å². The lowest BCUT2D eigenvalue weighted by atomic mass is 10.0. The van der Waals surface area contributed by atoms with Crippen molar-refractivity contribution in [2.75, 3.05) is 13.7 Å². The van der Waals surface area contributed by atoms with Crippen LogP contribution < -0.4 is 5.32 Å². The second-order valence-corrected chi connectivity index (χ2v) is 4.62. The van der Waals surface area contributed by atoms with E-state index in [2.05, 4.69) is 10.3 Å². The lowest BCUT2D eigenvalue weighted by Crippen LogP contribution is -2.33. The topological polar surface area (TPSA) is 56.1 Å². The summed E-state index contributed by atoms with van der Waals surface area (Å²) in [7, 11) is 3.46. The predicted molar refractivity (Wildman–Crippen MR) is 76.1 cm³/mol. The van der Waals surface area contributed by atoms with Crippen molar-refractivity contribution in [3.05, 3.63) is 54.1 Å². The number of rotatable bonds is 6. The van der Waals surface area contributed by atoms with Crippen LogP contribution in [0.25, 0.3) is 0 Å². The Labute approximate surface area is 118 Å². The molecule has 1 atom stereocenters. The highest BCUT2D eigenvalue weighted by atomic mass is 16.5. The summed E-state index contributed by atoms with van der Waals surface area (Å²) < 4.78 is 6.82. The molecule has 0 saturated heterocycles. The number of hydrogen-bond donors (Lipinski definition) is 1. The quantitative estimate of drug-likeness (QED) is 0.867. The molecule has 0 aliphatic rings. The summed E-state index contributed by atoms with van der Waals surface area (Å²) in [6, 6.07) is 9.77. The van der Waals surface area contributed by atoms with Gasteiger partial charge in [-0.05, 0) is 5.56 Å². The van der Waals surface area contributed by atoms with E-state index >= 15 is 0 Å². The lowest BCUT2D eigenvalue weighted by molar-refractivity contribution is -0.125. The summed E-state index contributed by atoms with van der Waals surface area (Å²) in [5, 5.41) is 2.98. The maximum absolute atomic E-state index is 11.8. The Morgan fingerprint density at radius 2 is 2.15 bits per heavy atom. The van der Waals surface area contributed by atoms with Gasteiger partial charge in [0.25, 0.3) is 0 Å². The summed E-state index contributed by atoms with van der Waals surface area (Å²) in [5.74, 6) is 0.798. The van der Waals surface area contributed by atoms with Crippen molar-refractivity contribution < 1.29 is 9.53 Å². The Balaban J connectivity index is 2.16. The molecule has 0 aliphatic heterocycles. The Morgan fingerprint density at radius 1 is 1.40 bits per heavy atom. The van der Waals surface area contributed by atoms with Gasteiger partial charge in [-0.1, -0.05) is 30.3 Å². The molecule has 0 spiro atoms. The minimum atomic E-state index is -0.129. The van der Waals surface area contributed by atoms with Crippen molar-refractivity contribution >= 4 is 5.91 Å². The number of amides is 1. The van der Waals surface area contributed by atoms with Gasteiger partial charge in [-0.3, -0.25) is 4.79 Å². The van der Waals surface area contributed by atoms with Crippen LogP contribution in [-0.4, -0.2) is 29.2 Å². The number of benzene rings is 1. The second kappa shape index (κ2) is 6.86. The normalized spacial score (nSPS) is 12.1. The number of nitrogens with one attached hydrogen (secondary N) is 1. The zero-order valence-corrected chi connectivity index (χ0v) is 11.7.